The second kappa shape index (κ2) is 7.36. The van der Waals surface area contributed by atoms with E-state index >= 15 is 0 Å². The lowest BCUT2D eigenvalue weighted by atomic mass is 9.66. The van der Waals surface area contributed by atoms with E-state index in [0.717, 1.165) is 16.7 Å². The standard InChI is InChI=1S/C20H23NO6/c1-26-17-6-10(3-4-15(17)23)19-12-8-16(24)18(27-2)7-11(12)5-13(20(21)25)14(19)9-22/h3-4,6-8,13-14,19,22-24H,5,9H2,1-2H3,(H2,21,25)/t13-,14-,19+/m0/s1. The van der Waals surface area contributed by atoms with Crippen LogP contribution in [0.3, 0.4) is 0 Å². The fourth-order valence-electron chi connectivity index (χ4n) is 3.97. The Labute approximate surface area is 157 Å². The molecule has 7 heteroatoms. The molecule has 0 heterocycles. The molecule has 1 aliphatic rings. The summed E-state index contributed by atoms with van der Waals surface area (Å²) in [4.78, 5) is 12.1. The number of aliphatic hydroxyl groups excluding tert-OH is 1. The minimum Gasteiger partial charge on any atom is -0.504 e. The van der Waals surface area contributed by atoms with Gasteiger partial charge in [0.15, 0.2) is 23.0 Å². The van der Waals surface area contributed by atoms with Crippen molar-refractivity contribution in [1.82, 2.24) is 0 Å². The van der Waals surface area contributed by atoms with Crippen LogP contribution in [0.4, 0.5) is 0 Å². The van der Waals surface area contributed by atoms with Crippen LogP contribution in [-0.4, -0.2) is 42.1 Å². The van der Waals surface area contributed by atoms with Gasteiger partial charge in [-0.3, -0.25) is 4.79 Å². The Kier molecular flexibility index (Phi) is 5.14. The number of primary amides is 1. The molecule has 0 saturated heterocycles. The zero-order chi connectivity index (χ0) is 19.7. The third kappa shape index (κ3) is 3.26. The first-order valence-electron chi connectivity index (χ1n) is 8.58. The van der Waals surface area contributed by atoms with Gasteiger partial charge in [-0.05, 0) is 47.4 Å². The lowest BCUT2D eigenvalue weighted by Crippen LogP contribution is -2.40. The number of hydrogen-bond donors (Lipinski definition) is 4. The smallest absolute Gasteiger partial charge is 0.221 e. The highest BCUT2D eigenvalue weighted by Crippen LogP contribution is 2.47. The monoisotopic (exact) mass is 373 g/mol. The van der Waals surface area contributed by atoms with Crippen molar-refractivity contribution in [2.45, 2.75) is 12.3 Å². The second-order valence-electron chi connectivity index (χ2n) is 6.69. The fraction of sp³-hybridized carbons (Fsp3) is 0.350. The number of benzene rings is 2. The average Bonchev–Trinajstić information content (AvgIpc) is 2.66. The van der Waals surface area contributed by atoms with Crippen LogP contribution in [0.25, 0.3) is 0 Å². The van der Waals surface area contributed by atoms with E-state index in [1.807, 2.05) is 0 Å². The fourth-order valence-corrected chi connectivity index (χ4v) is 3.97. The summed E-state index contributed by atoms with van der Waals surface area (Å²) in [7, 11) is 2.90. The van der Waals surface area contributed by atoms with Crippen LogP contribution < -0.4 is 15.2 Å². The third-order valence-corrected chi connectivity index (χ3v) is 5.30. The Morgan fingerprint density at radius 1 is 1.11 bits per heavy atom. The summed E-state index contributed by atoms with van der Waals surface area (Å²) in [6.45, 7) is -0.256. The van der Waals surface area contributed by atoms with Gasteiger partial charge in [0.05, 0.1) is 14.2 Å². The van der Waals surface area contributed by atoms with Gasteiger partial charge < -0.3 is 30.5 Å². The van der Waals surface area contributed by atoms with Crippen molar-refractivity contribution in [3.63, 3.8) is 0 Å². The predicted octanol–water partition coefficient (Wildman–Crippen LogP) is 1.51. The van der Waals surface area contributed by atoms with Gasteiger partial charge in [0.1, 0.15) is 0 Å². The Hall–Kier alpha value is -2.93. The van der Waals surface area contributed by atoms with E-state index in [1.165, 1.54) is 20.3 Å². The molecule has 2 aromatic carbocycles. The van der Waals surface area contributed by atoms with Crippen molar-refractivity contribution < 1.29 is 29.6 Å². The number of aliphatic hydroxyl groups is 1. The van der Waals surface area contributed by atoms with Gasteiger partial charge in [-0.25, -0.2) is 0 Å². The molecule has 0 saturated carbocycles. The minimum atomic E-state index is -0.582. The van der Waals surface area contributed by atoms with E-state index in [4.69, 9.17) is 15.2 Å². The largest absolute Gasteiger partial charge is 0.504 e. The quantitative estimate of drug-likeness (QED) is 0.630. The second-order valence-corrected chi connectivity index (χ2v) is 6.69. The Balaban J connectivity index is 2.22. The molecule has 0 fully saturated rings. The maximum absolute atomic E-state index is 12.1. The molecule has 0 radical (unpaired) electrons. The van der Waals surface area contributed by atoms with E-state index < -0.39 is 23.7 Å². The molecular weight excluding hydrogens is 350 g/mol. The molecule has 7 nitrogen and oxygen atoms in total. The highest BCUT2D eigenvalue weighted by atomic mass is 16.5. The van der Waals surface area contributed by atoms with Crippen molar-refractivity contribution in [3.8, 4) is 23.0 Å². The minimum absolute atomic E-state index is 0.0122. The molecule has 0 bridgehead atoms. The number of carbonyl (C=O) groups is 1. The number of fused-ring (bicyclic) bond motifs is 1. The van der Waals surface area contributed by atoms with Crippen molar-refractivity contribution in [2.24, 2.45) is 17.6 Å². The average molecular weight is 373 g/mol. The molecule has 0 aliphatic heterocycles. The molecule has 0 aromatic heterocycles. The molecule has 1 amide bonds. The summed E-state index contributed by atoms with van der Waals surface area (Å²) in [6, 6.07) is 8.16. The molecule has 5 N–H and O–H groups in total. The summed E-state index contributed by atoms with van der Waals surface area (Å²) >= 11 is 0. The topological polar surface area (TPSA) is 122 Å². The zero-order valence-corrected chi connectivity index (χ0v) is 15.2. The first-order valence-corrected chi connectivity index (χ1v) is 8.58. The van der Waals surface area contributed by atoms with Gasteiger partial charge in [0.2, 0.25) is 5.91 Å². The molecule has 2 aromatic rings. The highest BCUT2D eigenvalue weighted by Gasteiger charge is 2.40. The summed E-state index contributed by atoms with van der Waals surface area (Å²) in [5, 5.41) is 30.2. The number of phenolic OH excluding ortho intramolecular Hbond substituents is 2. The van der Waals surface area contributed by atoms with Crippen molar-refractivity contribution in [2.75, 3.05) is 20.8 Å². The number of methoxy groups -OCH3 is 2. The van der Waals surface area contributed by atoms with Gasteiger partial charge in [0, 0.05) is 24.4 Å². The normalized spacial score (nSPS) is 21.4. The molecule has 3 atom stereocenters. The van der Waals surface area contributed by atoms with Crippen molar-refractivity contribution in [1.29, 1.82) is 0 Å². The van der Waals surface area contributed by atoms with E-state index in [1.54, 1.807) is 24.3 Å². The van der Waals surface area contributed by atoms with Crippen LogP contribution >= 0.6 is 0 Å². The first kappa shape index (κ1) is 18.8. The number of phenols is 2. The number of hydrogen-bond acceptors (Lipinski definition) is 6. The van der Waals surface area contributed by atoms with E-state index in [-0.39, 0.29) is 23.9 Å². The molecule has 3 rings (SSSR count). The van der Waals surface area contributed by atoms with Gasteiger partial charge in [0.25, 0.3) is 0 Å². The molecule has 144 valence electrons. The predicted molar refractivity (Wildman–Crippen MR) is 98.1 cm³/mol. The first-order chi connectivity index (χ1) is 12.9. The van der Waals surface area contributed by atoms with Crippen LogP contribution in [0.5, 0.6) is 23.0 Å². The number of ether oxygens (including phenoxy) is 2. The van der Waals surface area contributed by atoms with Crippen molar-refractivity contribution >= 4 is 5.91 Å². The number of amides is 1. The van der Waals surface area contributed by atoms with E-state index in [0.29, 0.717) is 12.2 Å². The summed E-state index contributed by atoms with van der Waals surface area (Å²) in [5.74, 6) is -1.42. The number of aromatic hydroxyl groups is 2. The molecule has 1 aliphatic carbocycles. The van der Waals surface area contributed by atoms with Crippen LogP contribution in [0.2, 0.25) is 0 Å². The Morgan fingerprint density at radius 2 is 1.78 bits per heavy atom. The number of nitrogens with two attached hydrogens (primary N) is 1. The maximum atomic E-state index is 12.1. The summed E-state index contributed by atoms with van der Waals surface area (Å²) < 4.78 is 10.4. The highest BCUT2D eigenvalue weighted by molar-refractivity contribution is 5.78. The third-order valence-electron chi connectivity index (χ3n) is 5.30. The van der Waals surface area contributed by atoms with E-state index in [9.17, 15) is 20.1 Å². The molecule has 0 spiro atoms. The number of rotatable bonds is 5. The molecular formula is C20H23NO6. The molecule has 0 unspecified atom stereocenters. The Bertz CT molecular complexity index is 866. The lowest BCUT2D eigenvalue weighted by Gasteiger charge is -2.38. The van der Waals surface area contributed by atoms with Crippen LogP contribution in [0, 0.1) is 11.8 Å². The maximum Gasteiger partial charge on any atom is 0.221 e. The van der Waals surface area contributed by atoms with Crippen molar-refractivity contribution in [3.05, 3.63) is 47.0 Å². The van der Waals surface area contributed by atoms with Gasteiger partial charge in [-0.15, -0.1) is 0 Å². The van der Waals surface area contributed by atoms with Gasteiger partial charge in [-0.2, -0.15) is 0 Å². The molecule has 27 heavy (non-hydrogen) atoms. The SMILES string of the molecule is COc1cc([C@@H]2c3cc(O)c(OC)cc3C[C@H](C(N)=O)[C@@H]2CO)ccc1O. The van der Waals surface area contributed by atoms with E-state index in [2.05, 4.69) is 0 Å². The summed E-state index contributed by atoms with van der Waals surface area (Å²) in [6.07, 6.45) is 0.345. The summed E-state index contributed by atoms with van der Waals surface area (Å²) in [5.41, 5.74) is 7.94. The van der Waals surface area contributed by atoms with Crippen LogP contribution in [0.15, 0.2) is 30.3 Å². The van der Waals surface area contributed by atoms with Crippen LogP contribution in [-0.2, 0) is 11.2 Å². The zero-order valence-electron chi connectivity index (χ0n) is 15.2. The lowest BCUT2D eigenvalue weighted by molar-refractivity contribution is -0.124. The number of carbonyl (C=O) groups excluding carboxylic acids is 1. The van der Waals surface area contributed by atoms with Gasteiger partial charge in [-0.1, -0.05) is 6.07 Å². The van der Waals surface area contributed by atoms with Gasteiger partial charge >= 0.3 is 0 Å². The Morgan fingerprint density at radius 3 is 2.37 bits per heavy atom. The van der Waals surface area contributed by atoms with Crippen LogP contribution in [0.1, 0.15) is 22.6 Å².